The van der Waals surface area contributed by atoms with Crippen molar-refractivity contribution in [3.63, 3.8) is 0 Å². The van der Waals surface area contributed by atoms with Gasteiger partial charge in [0.1, 0.15) is 28.5 Å². The molecule has 3 heterocycles. The Morgan fingerprint density at radius 3 is 2.90 bits per heavy atom. The number of aliphatic imine (C=N–C) groups is 1. The van der Waals surface area contributed by atoms with Crippen LogP contribution in [0.15, 0.2) is 56.9 Å². The number of tetrazole rings is 1. The predicted octanol–water partition coefficient (Wildman–Crippen LogP) is 1.57. The molecule has 0 saturated heterocycles. The van der Waals surface area contributed by atoms with Gasteiger partial charge in [0.15, 0.2) is 0 Å². The molecule has 0 aliphatic rings. The smallest absolute Gasteiger partial charge is 0.348 e. The van der Waals surface area contributed by atoms with Crippen molar-refractivity contribution in [1.29, 1.82) is 0 Å². The Hall–Kier alpha value is -4.28. The summed E-state index contributed by atoms with van der Waals surface area (Å²) < 4.78 is 13.3. The van der Waals surface area contributed by atoms with Gasteiger partial charge in [-0.25, -0.2) is 9.48 Å². The lowest BCUT2D eigenvalue weighted by Crippen LogP contribution is -2.08. The minimum atomic E-state index is -0.679. The normalized spacial score (nSPS) is 11.2. The largest absolute Gasteiger partial charge is 0.507 e. The van der Waals surface area contributed by atoms with Gasteiger partial charge < -0.3 is 14.3 Å². The van der Waals surface area contributed by atoms with Crippen LogP contribution in [0.1, 0.15) is 11.3 Å². The third-order valence-electron chi connectivity index (χ3n) is 3.99. The molecule has 1 N–H and O–H groups in total. The Morgan fingerprint density at radius 1 is 1.31 bits per heavy atom. The van der Waals surface area contributed by atoms with Crippen LogP contribution in [0.4, 0.5) is 5.69 Å². The molecular formula is C18H15N7O4. The van der Waals surface area contributed by atoms with Crippen molar-refractivity contribution in [2.75, 3.05) is 7.11 Å². The fourth-order valence-electron chi connectivity index (χ4n) is 2.66. The second-order valence-corrected chi connectivity index (χ2v) is 5.90. The average molecular weight is 393 g/mol. The number of rotatable bonds is 5. The first-order chi connectivity index (χ1) is 14.1. The summed E-state index contributed by atoms with van der Waals surface area (Å²) in [5.74, 6) is 0.951. The summed E-state index contributed by atoms with van der Waals surface area (Å²) in [6.07, 6.45) is 4.55. The van der Waals surface area contributed by atoms with Crippen LogP contribution in [0.3, 0.4) is 0 Å². The first-order valence-corrected chi connectivity index (χ1v) is 8.41. The molecule has 0 fully saturated rings. The van der Waals surface area contributed by atoms with E-state index in [2.05, 4.69) is 25.6 Å². The molecule has 3 aromatic heterocycles. The van der Waals surface area contributed by atoms with E-state index >= 15 is 0 Å². The molecule has 29 heavy (non-hydrogen) atoms. The van der Waals surface area contributed by atoms with Crippen LogP contribution in [0, 0.1) is 6.92 Å². The van der Waals surface area contributed by atoms with Crippen molar-refractivity contribution in [3.05, 3.63) is 64.5 Å². The van der Waals surface area contributed by atoms with Crippen LogP contribution >= 0.6 is 0 Å². The number of hydrogen-bond donors (Lipinski definition) is 1. The van der Waals surface area contributed by atoms with Gasteiger partial charge in [0, 0.05) is 24.7 Å². The topological polar surface area (TPSA) is 133 Å². The number of nitrogens with zero attached hydrogens (tertiary/aromatic N) is 7. The highest BCUT2D eigenvalue weighted by Gasteiger charge is 2.15. The van der Waals surface area contributed by atoms with E-state index < -0.39 is 5.63 Å². The fraction of sp³-hybridized carbons (Fsp3) is 0.111. The van der Waals surface area contributed by atoms with Crippen molar-refractivity contribution in [2.24, 2.45) is 4.99 Å². The van der Waals surface area contributed by atoms with Gasteiger partial charge in [-0.05, 0) is 41.6 Å². The molecule has 0 atom stereocenters. The second kappa shape index (κ2) is 7.38. The SMILES string of the molecule is COc1ccc(N=Cc2c(O)cc(C)oc2=O)cc1-n1nnnc1-n1cccn1. The van der Waals surface area contributed by atoms with Gasteiger partial charge in [-0.3, -0.25) is 4.99 Å². The van der Waals surface area contributed by atoms with Crippen molar-refractivity contribution in [1.82, 2.24) is 30.0 Å². The zero-order valence-electron chi connectivity index (χ0n) is 15.4. The molecule has 11 heteroatoms. The summed E-state index contributed by atoms with van der Waals surface area (Å²) in [5, 5.41) is 25.8. The van der Waals surface area contributed by atoms with E-state index in [1.807, 2.05) is 0 Å². The van der Waals surface area contributed by atoms with E-state index in [9.17, 15) is 9.90 Å². The third-order valence-corrected chi connectivity index (χ3v) is 3.99. The molecule has 0 radical (unpaired) electrons. The maximum absolute atomic E-state index is 11.9. The van der Waals surface area contributed by atoms with Gasteiger partial charge >= 0.3 is 5.63 Å². The molecule has 146 valence electrons. The number of aryl methyl sites for hydroxylation is 1. The van der Waals surface area contributed by atoms with Crippen LogP contribution in [-0.2, 0) is 0 Å². The van der Waals surface area contributed by atoms with E-state index in [-0.39, 0.29) is 11.3 Å². The highest BCUT2D eigenvalue weighted by molar-refractivity contribution is 5.84. The number of benzene rings is 1. The standard InChI is InChI=1S/C18H15N7O4/c1-11-8-15(26)13(17(27)29-11)10-19-12-4-5-16(28-2)14(9-12)25-18(21-22-23-25)24-7-3-6-20-24/h3-10,26H,1-2H3. The molecule has 1 aromatic carbocycles. The minimum absolute atomic E-state index is 0.0485. The van der Waals surface area contributed by atoms with E-state index in [0.29, 0.717) is 28.8 Å². The third kappa shape index (κ3) is 3.48. The second-order valence-electron chi connectivity index (χ2n) is 5.90. The summed E-state index contributed by atoms with van der Waals surface area (Å²) in [6, 6.07) is 8.14. The number of aromatic nitrogens is 6. The molecule has 0 unspecified atom stereocenters. The maximum Gasteiger partial charge on any atom is 0.348 e. The molecule has 4 aromatic rings. The van der Waals surface area contributed by atoms with Crippen LogP contribution in [0.25, 0.3) is 11.6 Å². The summed E-state index contributed by atoms with van der Waals surface area (Å²) in [4.78, 5) is 16.2. The summed E-state index contributed by atoms with van der Waals surface area (Å²) >= 11 is 0. The highest BCUT2D eigenvalue weighted by atomic mass is 16.5. The molecule has 0 bridgehead atoms. The van der Waals surface area contributed by atoms with E-state index in [0.717, 1.165) is 0 Å². The zero-order chi connectivity index (χ0) is 20.4. The van der Waals surface area contributed by atoms with Gasteiger partial charge in [0.25, 0.3) is 5.95 Å². The number of aromatic hydroxyl groups is 1. The van der Waals surface area contributed by atoms with Crippen LogP contribution in [0.2, 0.25) is 0 Å². The van der Waals surface area contributed by atoms with Gasteiger partial charge in [0.2, 0.25) is 0 Å². The highest BCUT2D eigenvalue weighted by Crippen LogP contribution is 2.28. The molecule has 0 amide bonds. The first kappa shape index (κ1) is 18.1. The van der Waals surface area contributed by atoms with Crippen molar-refractivity contribution < 1.29 is 14.3 Å². The Balaban J connectivity index is 1.76. The predicted molar refractivity (Wildman–Crippen MR) is 101 cm³/mol. The molecular weight excluding hydrogens is 378 g/mol. The summed E-state index contributed by atoms with van der Waals surface area (Å²) in [5.41, 5.74) is 0.258. The van der Waals surface area contributed by atoms with Crippen LogP contribution in [-0.4, -0.2) is 48.4 Å². The van der Waals surface area contributed by atoms with E-state index in [1.54, 1.807) is 43.6 Å². The number of methoxy groups -OCH3 is 1. The summed E-state index contributed by atoms with van der Waals surface area (Å²) in [6.45, 7) is 1.57. The summed E-state index contributed by atoms with van der Waals surface area (Å²) in [7, 11) is 1.52. The monoisotopic (exact) mass is 393 g/mol. The van der Waals surface area contributed by atoms with Gasteiger partial charge in [-0.15, -0.1) is 0 Å². The van der Waals surface area contributed by atoms with Crippen LogP contribution in [0.5, 0.6) is 11.5 Å². The lowest BCUT2D eigenvalue weighted by Gasteiger charge is -2.10. The number of ether oxygens (including phenoxy) is 1. The zero-order valence-corrected chi connectivity index (χ0v) is 15.4. The van der Waals surface area contributed by atoms with Crippen LogP contribution < -0.4 is 10.4 Å². The molecule has 0 aliphatic heterocycles. The Bertz CT molecular complexity index is 1240. The van der Waals surface area contributed by atoms with Crippen molar-refractivity contribution in [2.45, 2.75) is 6.92 Å². The fourth-order valence-corrected chi connectivity index (χ4v) is 2.66. The molecule has 4 rings (SSSR count). The molecule has 0 aliphatic carbocycles. The molecule has 0 saturated carbocycles. The van der Waals surface area contributed by atoms with Gasteiger partial charge in [-0.1, -0.05) is 5.10 Å². The van der Waals surface area contributed by atoms with Crippen molar-refractivity contribution >= 4 is 11.9 Å². The Labute approximate surface area is 163 Å². The maximum atomic E-state index is 11.9. The van der Waals surface area contributed by atoms with E-state index in [4.69, 9.17) is 9.15 Å². The lowest BCUT2D eigenvalue weighted by molar-refractivity contribution is 0.411. The van der Waals surface area contributed by atoms with Gasteiger partial charge in [0.05, 0.1) is 12.8 Å². The Morgan fingerprint density at radius 2 is 2.17 bits per heavy atom. The molecule has 0 spiro atoms. The Kier molecular flexibility index (Phi) is 4.61. The number of hydrogen-bond acceptors (Lipinski definition) is 9. The van der Waals surface area contributed by atoms with E-state index in [1.165, 1.54) is 28.8 Å². The van der Waals surface area contributed by atoms with Crippen molar-refractivity contribution in [3.8, 4) is 23.1 Å². The first-order valence-electron chi connectivity index (χ1n) is 8.41. The molecule has 11 nitrogen and oxygen atoms in total. The minimum Gasteiger partial charge on any atom is -0.507 e. The van der Waals surface area contributed by atoms with Gasteiger partial charge in [-0.2, -0.15) is 9.78 Å². The quantitative estimate of drug-likeness (QED) is 0.505. The average Bonchev–Trinajstić information content (AvgIpc) is 3.38. The lowest BCUT2D eigenvalue weighted by atomic mass is 10.2.